The monoisotopic (exact) mass is 274 g/mol. The first-order chi connectivity index (χ1) is 8.81. The van der Waals surface area contributed by atoms with Gasteiger partial charge >= 0.3 is 5.97 Å². The van der Waals surface area contributed by atoms with Crippen molar-refractivity contribution in [1.82, 2.24) is 0 Å². The SMILES string of the molecule is C=CC(=O)OCCOCCC[SiH2]COCCCC. The summed E-state index contributed by atoms with van der Waals surface area (Å²) < 4.78 is 15.6. The van der Waals surface area contributed by atoms with E-state index in [1.54, 1.807) is 0 Å². The van der Waals surface area contributed by atoms with Crippen LogP contribution in [0.4, 0.5) is 0 Å². The largest absolute Gasteiger partial charge is 0.460 e. The minimum absolute atomic E-state index is 0.0736. The van der Waals surface area contributed by atoms with E-state index in [1.807, 2.05) is 0 Å². The van der Waals surface area contributed by atoms with Crippen molar-refractivity contribution in [3.05, 3.63) is 12.7 Å². The van der Waals surface area contributed by atoms with Crippen LogP contribution in [0.1, 0.15) is 26.2 Å². The van der Waals surface area contributed by atoms with Crippen molar-refractivity contribution >= 4 is 15.5 Å². The second kappa shape index (κ2) is 14.4. The second-order valence-corrected chi connectivity index (χ2v) is 5.83. The van der Waals surface area contributed by atoms with Gasteiger partial charge in [-0.1, -0.05) is 26.0 Å². The maximum atomic E-state index is 10.7. The number of hydrogen-bond donors (Lipinski definition) is 0. The third-order valence-corrected chi connectivity index (χ3v) is 3.94. The highest BCUT2D eigenvalue weighted by Crippen LogP contribution is 1.92. The second-order valence-electron chi connectivity index (χ2n) is 4.01. The molecule has 0 fully saturated rings. The van der Waals surface area contributed by atoms with Gasteiger partial charge in [-0.3, -0.25) is 0 Å². The molecule has 0 aromatic heterocycles. The lowest BCUT2D eigenvalue weighted by Gasteiger charge is -2.05. The highest BCUT2D eigenvalue weighted by atomic mass is 28.2. The Labute approximate surface area is 113 Å². The van der Waals surface area contributed by atoms with E-state index in [1.165, 1.54) is 18.9 Å². The molecule has 0 aliphatic carbocycles. The summed E-state index contributed by atoms with van der Waals surface area (Å²) in [5.74, 6) is -0.393. The van der Waals surface area contributed by atoms with Gasteiger partial charge in [0.2, 0.25) is 0 Å². The highest BCUT2D eigenvalue weighted by Gasteiger charge is 1.95. The van der Waals surface area contributed by atoms with Gasteiger partial charge in [-0.15, -0.1) is 0 Å². The van der Waals surface area contributed by atoms with Crippen LogP contribution < -0.4 is 0 Å². The maximum absolute atomic E-state index is 10.7. The van der Waals surface area contributed by atoms with Crippen LogP contribution in [0, 0.1) is 0 Å². The molecular weight excluding hydrogens is 248 g/mol. The topological polar surface area (TPSA) is 44.8 Å². The first kappa shape index (κ1) is 17.3. The fraction of sp³-hybridized carbons (Fsp3) is 0.769. The molecule has 0 saturated heterocycles. The first-order valence-corrected chi connectivity index (χ1v) is 8.76. The first-order valence-electron chi connectivity index (χ1n) is 6.76. The van der Waals surface area contributed by atoms with E-state index in [9.17, 15) is 4.79 Å². The summed E-state index contributed by atoms with van der Waals surface area (Å²) in [7, 11) is -0.0736. The lowest BCUT2D eigenvalue weighted by molar-refractivity contribution is -0.139. The van der Waals surface area contributed by atoms with Crippen molar-refractivity contribution in [3.8, 4) is 0 Å². The van der Waals surface area contributed by atoms with Crippen molar-refractivity contribution < 1.29 is 19.0 Å². The molecule has 0 aromatic carbocycles. The fourth-order valence-corrected chi connectivity index (χ4v) is 2.47. The molecule has 5 heteroatoms. The van der Waals surface area contributed by atoms with E-state index < -0.39 is 5.97 Å². The quantitative estimate of drug-likeness (QED) is 0.221. The van der Waals surface area contributed by atoms with E-state index in [0.29, 0.717) is 13.2 Å². The third kappa shape index (κ3) is 13.4. The number of hydrogen-bond acceptors (Lipinski definition) is 4. The van der Waals surface area contributed by atoms with E-state index in [4.69, 9.17) is 14.2 Å². The molecular formula is C13H26O4Si. The number of rotatable bonds is 13. The van der Waals surface area contributed by atoms with Gasteiger partial charge in [-0.05, 0) is 12.8 Å². The lowest BCUT2D eigenvalue weighted by Crippen LogP contribution is -2.10. The maximum Gasteiger partial charge on any atom is 0.330 e. The van der Waals surface area contributed by atoms with Crippen LogP contribution in [0.15, 0.2) is 12.7 Å². The van der Waals surface area contributed by atoms with Crippen LogP contribution in [0.3, 0.4) is 0 Å². The van der Waals surface area contributed by atoms with Gasteiger partial charge in [-0.25, -0.2) is 4.79 Å². The normalized spacial score (nSPS) is 10.9. The number of ether oxygens (including phenoxy) is 3. The Bertz CT molecular complexity index is 209. The molecule has 0 heterocycles. The molecule has 0 N–H and O–H groups in total. The molecule has 0 saturated carbocycles. The minimum Gasteiger partial charge on any atom is -0.460 e. The van der Waals surface area contributed by atoms with Crippen molar-refractivity contribution in [3.63, 3.8) is 0 Å². The molecule has 0 aliphatic rings. The van der Waals surface area contributed by atoms with Gasteiger partial charge in [0, 0.05) is 25.5 Å². The van der Waals surface area contributed by atoms with Crippen molar-refractivity contribution in [2.45, 2.75) is 32.2 Å². The summed E-state index contributed by atoms with van der Waals surface area (Å²) in [6.45, 7) is 7.91. The molecule has 0 radical (unpaired) electrons. The Kier molecular flexibility index (Phi) is 13.9. The van der Waals surface area contributed by atoms with Crippen LogP contribution >= 0.6 is 0 Å². The smallest absolute Gasteiger partial charge is 0.330 e. The number of carbonyl (C=O) groups is 1. The Morgan fingerprint density at radius 3 is 2.67 bits per heavy atom. The zero-order chi connectivity index (χ0) is 13.5. The van der Waals surface area contributed by atoms with Crippen LogP contribution in [-0.4, -0.2) is 48.1 Å². The standard InChI is InChI=1S/C13H26O4Si/c1-3-5-7-16-12-18-11-6-8-15-9-10-17-13(14)4-2/h4H,2-3,5-12,18H2,1H3. The van der Waals surface area contributed by atoms with Gasteiger partial charge in [0.05, 0.1) is 16.1 Å². The molecule has 0 rings (SSSR count). The third-order valence-electron chi connectivity index (χ3n) is 2.36. The summed E-state index contributed by atoms with van der Waals surface area (Å²) in [5, 5.41) is 0. The molecule has 18 heavy (non-hydrogen) atoms. The average Bonchev–Trinajstić information content (AvgIpc) is 2.39. The Hall–Kier alpha value is -0.653. The molecule has 0 unspecified atom stereocenters. The van der Waals surface area contributed by atoms with Crippen LogP contribution in [0.25, 0.3) is 0 Å². The van der Waals surface area contributed by atoms with Crippen LogP contribution in [0.5, 0.6) is 0 Å². The van der Waals surface area contributed by atoms with Crippen LogP contribution in [-0.2, 0) is 19.0 Å². The summed E-state index contributed by atoms with van der Waals surface area (Å²) in [5.41, 5.74) is 0. The molecule has 0 aliphatic heterocycles. The van der Waals surface area contributed by atoms with Gasteiger partial charge in [0.15, 0.2) is 0 Å². The Balaban J connectivity index is 2.98. The highest BCUT2D eigenvalue weighted by molar-refractivity contribution is 6.35. The van der Waals surface area contributed by atoms with E-state index in [-0.39, 0.29) is 9.52 Å². The van der Waals surface area contributed by atoms with Crippen molar-refractivity contribution in [2.24, 2.45) is 0 Å². The Morgan fingerprint density at radius 1 is 1.17 bits per heavy atom. The summed E-state index contributed by atoms with van der Waals surface area (Å²) >= 11 is 0. The van der Waals surface area contributed by atoms with E-state index in [0.717, 1.165) is 31.9 Å². The number of carbonyl (C=O) groups excluding carboxylic acids is 1. The molecule has 0 aromatic rings. The number of unbranched alkanes of at least 4 members (excludes halogenated alkanes) is 1. The summed E-state index contributed by atoms with van der Waals surface area (Å²) in [6, 6.07) is 1.25. The minimum atomic E-state index is -0.393. The molecule has 0 bridgehead atoms. The zero-order valence-corrected chi connectivity index (χ0v) is 12.9. The lowest BCUT2D eigenvalue weighted by atomic mass is 10.4. The molecule has 0 amide bonds. The summed E-state index contributed by atoms with van der Waals surface area (Å²) in [6.07, 6.45) is 5.59. The van der Waals surface area contributed by atoms with E-state index in [2.05, 4.69) is 13.5 Å². The van der Waals surface area contributed by atoms with E-state index >= 15 is 0 Å². The van der Waals surface area contributed by atoms with Gasteiger partial charge in [0.1, 0.15) is 6.61 Å². The molecule has 0 spiro atoms. The molecule has 106 valence electrons. The Morgan fingerprint density at radius 2 is 1.94 bits per heavy atom. The fourth-order valence-electron chi connectivity index (χ4n) is 1.30. The average molecular weight is 274 g/mol. The van der Waals surface area contributed by atoms with Crippen molar-refractivity contribution in [2.75, 3.05) is 32.7 Å². The predicted molar refractivity (Wildman–Crippen MR) is 75.7 cm³/mol. The van der Waals surface area contributed by atoms with Crippen molar-refractivity contribution in [1.29, 1.82) is 0 Å². The van der Waals surface area contributed by atoms with Gasteiger partial charge in [0.25, 0.3) is 0 Å². The zero-order valence-electron chi connectivity index (χ0n) is 11.5. The van der Waals surface area contributed by atoms with Crippen LogP contribution in [0.2, 0.25) is 6.04 Å². The molecule has 4 nitrogen and oxygen atoms in total. The molecule has 0 atom stereocenters. The summed E-state index contributed by atoms with van der Waals surface area (Å²) in [4.78, 5) is 10.7. The number of esters is 1. The van der Waals surface area contributed by atoms with Gasteiger partial charge < -0.3 is 14.2 Å². The van der Waals surface area contributed by atoms with Gasteiger partial charge in [-0.2, -0.15) is 0 Å². The predicted octanol–water partition coefficient (Wildman–Crippen LogP) is 1.48.